The van der Waals surface area contributed by atoms with Crippen LogP contribution in [0.15, 0.2) is 0 Å². The minimum absolute atomic E-state index is 0.917. The van der Waals surface area contributed by atoms with Crippen molar-refractivity contribution in [3.05, 3.63) is 0 Å². The van der Waals surface area contributed by atoms with Crippen molar-refractivity contribution in [1.82, 2.24) is 4.90 Å². The van der Waals surface area contributed by atoms with Crippen LogP contribution in [0.25, 0.3) is 0 Å². The van der Waals surface area contributed by atoms with Crippen LogP contribution in [0.5, 0.6) is 0 Å². The molecular weight excluding hydrogens is 198 g/mol. The van der Waals surface area contributed by atoms with Crippen LogP contribution in [0.4, 0.5) is 0 Å². The first-order valence-corrected chi connectivity index (χ1v) is 7.04. The Morgan fingerprint density at radius 2 is 1.31 bits per heavy atom. The number of rotatable bonds is 12. The van der Waals surface area contributed by atoms with Gasteiger partial charge in [0.25, 0.3) is 0 Å². The fraction of sp³-hybridized carbons (Fsp3) is 0.929. The smallest absolute Gasteiger partial charge is 0.209 e. The van der Waals surface area contributed by atoms with E-state index in [-0.39, 0.29) is 0 Å². The summed E-state index contributed by atoms with van der Waals surface area (Å²) in [6, 6.07) is 0. The van der Waals surface area contributed by atoms with Gasteiger partial charge in [-0.25, -0.2) is 0 Å². The zero-order chi connectivity index (χ0) is 12.1. The monoisotopic (exact) mass is 227 g/mol. The molecule has 0 aliphatic heterocycles. The number of nitrogens with zero attached hydrogens (tertiary/aromatic N) is 1. The van der Waals surface area contributed by atoms with Gasteiger partial charge in [-0.2, -0.15) is 0 Å². The van der Waals surface area contributed by atoms with Gasteiger partial charge in [0.1, 0.15) is 0 Å². The van der Waals surface area contributed by atoms with Crippen molar-refractivity contribution in [2.45, 2.75) is 71.6 Å². The highest BCUT2D eigenvalue weighted by Gasteiger charge is 1.98. The minimum Gasteiger partial charge on any atom is -0.345 e. The molecule has 96 valence electrons. The lowest BCUT2D eigenvalue weighted by Gasteiger charge is -2.15. The molecule has 0 aromatic heterocycles. The zero-order valence-electron chi connectivity index (χ0n) is 11.2. The SMILES string of the molecule is CCCCCCCCCCN(C=O)CCC. The summed E-state index contributed by atoms with van der Waals surface area (Å²) in [5.41, 5.74) is 0. The van der Waals surface area contributed by atoms with Crippen LogP contribution < -0.4 is 0 Å². The largest absolute Gasteiger partial charge is 0.345 e. The average molecular weight is 227 g/mol. The van der Waals surface area contributed by atoms with Gasteiger partial charge < -0.3 is 4.90 Å². The highest BCUT2D eigenvalue weighted by atomic mass is 16.1. The molecule has 16 heavy (non-hydrogen) atoms. The summed E-state index contributed by atoms with van der Waals surface area (Å²) in [6.45, 7) is 6.23. The first kappa shape index (κ1) is 15.5. The summed E-state index contributed by atoms with van der Waals surface area (Å²) < 4.78 is 0. The maximum Gasteiger partial charge on any atom is 0.209 e. The van der Waals surface area contributed by atoms with E-state index < -0.39 is 0 Å². The van der Waals surface area contributed by atoms with Crippen LogP contribution >= 0.6 is 0 Å². The van der Waals surface area contributed by atoms with E-state index in [2.05, 4.69) is 13.8 Å². The lowest BCUT2D eigenvalue weighted by molar-refractivity contribution is -0.118. The molecule has 2 heteroatoms. The second-order valence-corrected chi connectivity index (χ2v) is 4.62. The Morgan fingerprint density at radius 3 is 1.81 bits per heavy atom. The Balaban J connectivity index is 3.15. The molecule has 0 heterocycles. The van der Waals surface area contributed by atoms with Crippen LogP contribution in [-0.2, 0) is 4.79 Å². The van der Waals surface area contributed by atoms with E-state index in [1.54, 1.807) is 0 Å². The normalized spacial score (nSPS) is 10.4. The van der Waals surface area contributed by atoms with E-state index >= 15 is 0 Å². The van der Waals surface area contributed by atoms with E-state index in [1.165, 1.54) is 51.4 Å². The van der Waals surface area contributed by atoms with Crippen molar-refractivity contribution in [2.75, 3.05) is 13.1 Å². The van der Waals surface area contributed by atoms with Crippen molar-refractivity contribution in [3.63, 3.8) is 0 Å². The fourth-order valence-electron chi connectivity index (χ4n) is 1.95. The molecule has 2 nitrogen and oxygen atoms in total. The molecule has 0 saturated carbocycles. The van der Waals surface area contributed by atoms with Gasteiger partial charge in [-0.05, 0) is 12.8 Å². The van der Waals surface area contributed by atoms with Crippen LogP contribution in [-0.4, -0.2) is 24.4 Å². The molecular formula is C14H29NO. The average Bonchev–Trinajstić information content (AvgIpc) is 2.31. The molecule has 0 aliphatic carbocycles. The molecule has 0 radical (unpaired) electrons. The van der Waals surface area contributed by atoms with Crippen molar-refractivity contribution < 1.29 is 4.79 Å². The Labute approximate surface area is 101 Å². The number of unbranched alkanes of at least 4 members (excludes halogenated alkanes) is 7. The maximum atomic E-state index is 10.7. The van der Waals surface area contributed by atoms with Gasteiger partial charge in [0.15, 0.2) is 0 Å². The number of amides is 1. The van der Waals surface area contributed by atoms with E-state index in [9.17, 15) is 4.79 Å². The lowest BCUT2D eigenvalue weighted by Crippen LogP contribution is -2.23. The topological polar surface area (TPSA) is 20.3 Å². The molecule has 0 unspecified atom stereocenters. The van der Waals surface area contributed by atoms with Crippen molar-refractivity contribution >= 4 is 6.41 Å². The van der Waals surface area contributed by atoms with Crippen molar-refractivity contribution in [1.29, 1.82) is 0 Å². The summed E-state index contributed by atoms with van der Waals surface area (Å²) in [6.07, 6.45) is 12.7. The molecule has 0 saturated heterocycles. The molecule has 0 spiro atoms. The number of carbonyl (C=O) groups excluding carboxylic acids is 1. The van der Waals surface area contributed by atoms with E-state index in [0.717, 1.165) is 25.9 Å². The molecule has 0 N–H and O–H groups in total. The van der Waals surface area contributed by atoms with Gasteiger partial charge in [-0.15, -0.1) is 0 Å². The molecule has 0 atom stereocenters. The van der Waals surface area contributed by atoms with E-state index in [4.69, 9.17) is 0 Å². The second-order valence-electron chi connectivity index (χ2n) is 4.62. The van der Waals surface area contributed by atoms with Gasteiger partial charge in [0, 0.05) is 13.1 Å². The molecule has 0 rings (SSSR count). The lowest BCUT2D eigenvalue weighted by atomic mass is 10.1. The van der Waals surface area contributed by atoms with E-state index in [0.29, 0.717) is 0 Å². The van der Waals surface area contributed by atoms with E-state index in [1.807, 2.05) is 4.90 Å². The third-order valence-corrected chi connectivity index (χ3v) is 2.96. The van der Waals surface area contributed by atoms with Crippen LogP contribution in [0.2, 0.25) is 0 Å². The third-order valence-electron chi connectivity index (χ3n) is 2.96. The molecule has 0 bridgehead atoms. The van der Waals surface area contributed by atoms with Gasteiger partial charge in [0.2, 0.25) is 6.41 Å². The van der Waals surface area contributed by atoms with Crippen molar-refractivity contribution in [2.24, 2.45) is 0 Å². The highest BCUT2D eigenvalue weighted by molar-refractivity contribution is 5.46. The Kier molecular flexibility index (Phi) is 12.1. The minimum atomic E-state index is 0.917. The molecule has 0 aromatic rings. The summed E-state index contributed by atoms with van der Waals surface area (Å²) in [7, 11) is 0. The molecule has 0 aromatic carbocycles. The fourth-order valence-corrected chi connectivity index (χ4v) is 1.95. The Morgan fingerprint density at radius 1 is 0.750 bits per heavy atom. The van der Waals surface area contributed by atoms with Gasteiger partial charge >= 0.3 is 0 Å². The number of hydrogen-bond acceptors (Lipinski definition) is 1. The third kappa shape index (κ3) is 10.0. The summed E-state index contributed by atoms with van der Waals surface area (Å²) in [5.74, 6) is 0. The first-order chi connectivity index (χ1) is 7.85. The molecule has 1 amide bonds. The van der Waals surface area contributed by atoms with Gasteiger partial charge in [-0.1, -0.05) is 58.8 Å². The quantitative estimate of drug-likeness (QED) is 0.364. The summed E-state index contributed by atoms with van der Waals surface area (Å²) in [5, 5.41) is 0. The van der Waals surface area contributed by atoms with Gasteiger partial charge in [-0.3, -0.25) is 4.79 Å². The highest BCUT2D eigenvalue weighted by Crippen LogP contribution is 2.08. The standard InChI is InChI=1S/C14H29NO/c1-3-5-6-7-8-9-10-11-13-15(14-16)12-4-2/h14H,3-13H2,1-2H3. The van der Waals surface area contributed by atoms with Crippen molar-refractivity contribution in [3.8, 4) is 0 Å². The molecule has 0 fully saturated rings. The first-order valence-electron chi connectivity index (χ1n) is 7.04. The Hall–Kier alpha value is -0.530. The predicted octanol–water partition coefficient (Wildman–Crippen LogP) is 4.00. The van der Waals surface area contributed by atoms with Crippen LogP contribution in [0, 0.1) is 0 Å². The Bertz CT molecular complexity index is 148. The van der Waals surface area contributed by atoms with Crippen LogP contribution in [0.3, 0.4) is 0 Å². The number of carbonyl (C=O) groups is 1. The van der Waals surface area contributed by atoms with Crippen LogP contribution in [0.1, 0.15) is 71.6 Å². The maximum absolute atomic E-state index is 10.7. The number of hydrogen-bond donors (Lipinski definition) is 0. The molecule has 0 aliphatic rings. The summed E-state index contributed by atoms with van der Waals surface area (Å²) in [4.78, 5) is 12.6. The predicted molar refractivity (Wildman–Crippen MR) is 70.5 cm³/mol. The summed E-state index contributed by atoms with van der Waals surface area (Å²) >= 11 is 0. The van der Waals surface area contributed by atoms with Gasteiger partial charge in [0.05, 0.1) is 0 Å². The zero-order valence-corrected chi connectivity index (χ0v) is 11.2. The second kappa shape index (κ2) is 12.5.